The maximum Gasteiger partial charge on any atom is 0.240 e. The van der Waals surface area contributed by atoms with E-state index in [1.165, 1.54) is 6.07 Å². The number of rotatable bonds is 3. The van der Waals surface area contributed by atoms with Crippen molar-refractivity contribution < 1.29 is 8.42 Å². The van der Waals surface area contributed by atoms with Crippen molar-refractivity contribution in [2.24, 2.45) is 0 Å². The van der Waals surface area contributed by atoms with Crippen LogP contribution in [0.25, 0.3) is 0 Å². The number of anilines is 1. The molecule has 1 aliphatic rings. The van der Waals surface area contributed by atoms with Crippen molar-refractivity contribution in [1.29, 1.82) is 0 Å². The van der Waals surface area contributed by atoms with Gasteiger partial charge in [0.1, 0.15) is 0 Å². The van der Waals surface area contributed by atoms with Crippen LogP contribution in [0.2, 0.25) is 0 Å². The first-order valence-corrected chi connectivity index (χ1v) is 6.59. The third-order valence-electron chi connectivity index (χ3n) is 2.50. The normalized spacial score (nSPS) is 16.8. The summed E-state index contributed by atoms with van der Waals surface area (Å²) in [6.45, 7) is 0. The standard InChI is InChI=1S/C11H14N2O2S/c12-9-4-3-7-11(8-9)16(14,15)13-10-5-1-2-6-10/h1-4,7-8,10,13H,5-6,12H2. The molecule has 0 spiro atoms. The SMILES string of the molecule is Nc1cccc(S(=O)(=O)NC2CC=CC2)c1. The summed E-state index contributed by atoms with van der Waals surface area (Å²) < 4.78 is 26.5. The predicted molar refractivity (Wildman–Crippen MR) is 63.3 cm³/mol. The quantitative estimate of drug-likeness (QED) is 0.615. The highest BCUT2D eigenvalue weighted by atomic mass is 32.2. The number of nitrogen functional groups attached to an aromatic ring is 1. The van der Waals surface area contributed by atoms with E-state index < -0.39 is 10.0 Å². The molecule has 1 aromatic carbocycles. The highest BCUT2D eigenvalue weighted by Gasteiger charge is 2.20. The van der Waals surface area contributed by atoms with Crippen molar-refractivity contribution in [3.63, 3.8) is 0 Å². The van der Waals surface area contributed by atoms with Gasteiger partial charge < -0.3 is 5.73 Å². The minimum Gasteiger partial charge on any atom is -0.399 e. The monoisotopic (exact) mass is 238 g/mol. The molecule has 86 valence electrons. The van der Waals surface area contributed by atoms with Crippen LogP contribution in [-0.2, 0) is 10.0 Å². The summed E-state index contributed by atoms with van der Waals surface area (Å²) in [4.78, 5) is 0.222. The van der Waals surface area contributed by atoms with E-state index in [4.69, 9.17) is 5.73 Å². The Morgan fingerprint density at radius 2 is 1.94 bits per heavy atom. The molecule has 1 aliphatic carbocycles. The van der Waals surface area contributed by atoms with E-state index in [1.54, 1.807) is 18.2 Å². The Morgan fingerprint density at radius 3 is 2.56 bits per heavy atom. The van der Waals surface area contributed by atoms with Crippen LogP contribution in [0.5, 0.6) is 0 Å². The first-order chi connectivity index (χ1) is 7.58. The molecule has 0 saturated carbocycles. The third kappa shape index (κ3) is 2.43. The minimum atomic E-state index is -3.44. The Balaban J connectivity index is 2.18. The molecule has 0 amide bonds. The minimum absolute atomic E-state index is 0.0218. The summed E-state index contributed by atoms with van der Waals surface area (Å²) in [5, 5.41) is 0. The van der Waals surface area contributed by atoms with Gasteiger partial charge in [-0.05, 0) is 31.0 Å². The summed E-state index contributed by atoms with van der Waals surface area (Å²) in [6.07, 6.45) is 5.46. The molecule has 0 heterocycles. The number of hydrogen-bond donors (Lipinski definition) is 2. The van der Waals surface area contributed by atoms with Crippen LogP contribution in [0.1, 0.15) is 12.8 Å². The molecule has 0 unspecified atom stereocenters. The molecule has 16 heavy (non-hydrogen) atoms. The maximum absolute atomic E-state index is 11.9. The molecule has 2 rings (SSSR count). The lowest BCUT2D eigenvalue weighted by molar-refractivity contribution is 0.557. The smallest absolute Gasteiger partial charge is 0.240 e. The lowest BCUT2D eigenvalue weighted by Gasteiger charge is -2.12. The average molecular weight is 238 g/mol. The zero-order valence-corrected chi connectivity index (χ0v) is 9.57. The Morgan fingerprint density at radius 1 is 1.25 bits per heavy atom. The second-order valence-corrected chi connectivity index (χ2v) is 5.55. The Labute approximate surface area is 95.2 Å². The van der Waals surface area contributed by atoms with Gasteiger partial charge >= 0.3 is 0 Å². The Hall–Kier alpha value is -1.33. The summed E-state index contributed by atoms with van der Waals surface area (Å²) in [7, 11) is -3.44. The third-order valence-corrected chi connectivity index (χ3v) is 4.02. The number of hydrogen-bond acceptors (Lipinski definition) is 3. The van der Waals surface area contributed by atoms with Gasteiger partial charge in [0.15, 0.2) is 0 Å². The molecule has 0 atom stereocenters. The van der Waals surface area contributed by atoms with E-state index in [2.05, 4.69) is 4.72 Å². The van der Waals surface area contributed by atoms with Crippen LogP contribution in [0, 0.1) is 0 Å². The first kappa shape index (κ1) is 11.2. The van der Waals surface area contributed by atoms with Crippen LogP contribution in [0.4, 0.5) is 5.69 Å². The lowest BCUT2D eigenvalue weighted by Crippen LogP contribution is -2.32. The number of benzene rings is 1. The summed E-state index contributed by atoms with van der Waals surface area (Å²) in [5.74, 6) is 0. The van der Waals surface area contributed by atoms with Crippen LogP contribution in [-0.4, -0.2) is 14.5 Å². The van der Waals surface area contributed by atoms with Crippen molar-refractivity contribution in [2.75, 3.05) is 5.73 Å². The van der Waals surface area contributed by atoms with Crippen molar-refractivity contribution in [1.82, 2.24) is 4.72 Å². The predicted octanol–water partition coefficient (Wildman–Crippen LogP) is 1.27. The van der Waals surface area contributed by atoms with Gasteiger partial charge in [-0.3, -0.25) is 0 Å². The number of nitrogens with two attached hydrogens (primary N) is 1. The van der Waals surface area contributed by atoms with Gasteiger partial charge in [-0.2, -0.15) is 0 Å². The summed E-state index contributed by atoms with van der Waals surface area (Å²) >= 11 is 0. The van der Waals surface area contributed by atoms with Crippen LogP contribution in [0.3, 0.4) is 0 Å². The van der Waals surface area contributed by atoms with E-state index >= 15 is 0 Å². The molecule has 4 nitrogen and oxygen atoms in total. The molecule has 3 N–H and O–H groups in total. The first-order valence-electron chi connectivity index (χ1n) is 5.11. The largest absolute Gasteiger partial charge is 0.399 e. The van der Waals surface area contributed by atoms with Crippen LogP contribution < -0.4 is 10.5 Å². The van der Waals surface area contributed by atoms with E-state index in [-0.39, 0.29) is 10.9 Å². The van der Waals surface area contributed by atoms with Gasteiger partial charge in [0.05, 0.1) is 4.90 Å². The second kappa shape index (κ2) is 4.27. The van der Waals surface area contributed by atoms with Gasteiger partial charge in [0.2, 0.25) is 10.0 Å². The zero-order valence-electron chi connectivity index (χ0n) is 8.76. The lowest BCUT2D eigenvalue weighted by atomic mass is 10.3. The van der Waals surface area contributed by atoms with Crippen LogP contribution in [0.15, 0.2) is 41.3 Å². The maximum atomic E-state index is 11.9. The summed E-state index contributed by atoms with van der Waals surface area (Å²) in [5.41, 5.74) is 6.01. The molecule has 5 heteroatoms. The van der Waals surface area contributed by atoms with Crippen molar-refractivity contribution in [2.45, 2.75) is 23.8 Å². The fourth-order valence-corrected chi connectivity index (χ4v) is 3.00. The molecule has 0 aliphatic heterocycles. The van der Waals surface area contributed by atoms with Crippen molar-refractivity contribution in [3.05, 3.63) is 36.4 Å². The highest BCUT2D eigenvalue weighted by Crippen LogP contribution is 2.16. The van der Waals surface area contributed by atoms with E-state index in [0.717, 1.165) is 12.8 Å². The number of sulfonamides is 1. The average Bonchev–Trinajstić information content (AvgIpc) is 2.70. The van der Waals surface area contributed by atoms with Gasteiger partial charge in [0.25, 0.3) is 0 Å². The summed E-state index contributed by atoms with van der Waals surface area (Å²) in [6, 6.07) is 6.28. The van der Waals surface area contributed by atoms with Crippen molar-refractivity contribution in [3.8, 4) is 0 Å². The van der Waals surface area contributed by atoms with Gasteiger partial charge in [-0.15, -0.1) is 0 Å². The molecule has 0 bridgehead atoms. The zero-order chi connectivity index (χ0) is 11.6. The molecular formula is C11H14N2O2S. The topological polar surface area (TPSA) is 72.2 Å². The second-order valence-electron chi connectivity index (χ2n) is 3.83. The highest BCUT2D eigenvalue weighted by molar-refractivity contribution is 7.89. The Bertz CT molecular complexity index is 500. The van der Waals surface area contributed by atoms with Crippen molar-refractivity contribution >= 4 is 15.7 Å². The van der Waals surface area contributed by atoms with Gasteiger partial charge in [-0.25, -0.2) is 13.1 Å². The van der Waals surface area contributed by atoms with E-state index in [9.17, 15) is 8.42 Å². The van der Waals surface area contributed by atoms with Gasteiger partial charge in [0, 0.05) is 11.7 Å². The van der Waals surface area contributed by atoms with Gasteiger partial charge in [-0.1, -0.05) is 18.2 Å². The molecular weight excluding hydrogens is 224 g/mol. The van der Waals surface area contributed by atoms with E-state index in [0.29, 0.717) is 5.69 Å². The molecule has 1 aromatic rings. The Kier molecular flexibility index (Phi) is 2.98. The van der Waals surface area contributed by atoms with E-state index in [1.807, 2.05) is 12.2 Å². The molecule has 0 aromatic heterocycles. The molecule has 0 saturated heterocycles. The van der Waals surface area contributed by atoms with Crippen LogP contribution >= 0.6 is 0 Å². The number of nitrogens with one attached hydrogen (secondary N) is 1. The fourth-order valence-electron chi connectivity index (χ4n) is 1.68. The fraction of sp³-hybridized carbons (Fsp3) is 0.273. The molecule has 0 radical (unpaired) electrons. The molecule has 0 fully saturated rings.